The van der Waals surface area contributed by atoms with Gasteiger partial charge in [-0.15, -0.1) is 0 Å². The highest BCUT2D eigenvalue weighted by atomic mass is 35.5. The molecule has 1 aromatic rings. The average Bonchev–Trinajstić information content (AvgIpc) is 3.03. The summed E-state index contributed by atoms with van der Waals surface area (Å²) < 4.78 is 10.5. The Balaban J connectivity index is 1.89. The minimum Gasteiger partial charge on any atom is -0.454 e. The van der Waals surface area contributed by atoms with Crippen LogP contribution in [0.25, 0.3) is 0 Å². The van der Waals surface area contributed by atoms with Crippen LogP contribution in [-0.4, -0.2) is 41.8 Å². The van der Waals surface area contributed by atoms with Crippen molar-refractivity contribution in [2.24, 2.45) is 0 Å². The summed E-state index contributed by atoms with van der Waals surface area (Å²) in [4.78, 5) is 24.7. The Morgan fingerprint density at radius 2 is 2.14 bits per heavy atom. The van der Waals surface area contributed by atoms with Gasteiger partial charge in [0.2, 0.25) is 6.79 Å². The molecule has 0 fully saturated rings. The van der Waals surface area contributed by atoms with E-state index in [1.54, 1.807) is 12.1 Å². The van der Waals surface area contributed by atoms with Crippen LogP contribution in [-0.2, 0) is 9.59 Å². The van der Waals surface area contributed by atoms with Crippen LogP contribution < -0.4 is 14.8 Å². The Bertz CT molecular complexity index is 658. The lowest BCUT2D eigenvalue weighted by Crippen LogP contribution is -2.34. The lowest BCUT2D eigenvalue weighted by molar-refractivity contribution is -0.137. The highest BCUT2D eigenvalue weighted by Crippen LogP contribution is 2.44. The van der Waals surface area contributed by atoms with E-state index >= 15 is 0 Å². The van der Waals surface area contributed by atoms with Crippen LogP contribution in [0.2, 0.25) is 5.02 Å². The topological polar surface area (TPSA) is 88.1 Å². The maximum Gasteiger partial charge on any atom is 0.277 e. The molecule has 0 spiro atoms. The van der Waals surface area contributed by atoms with Crippen LogP contribution in [0.15, 0.2) is 23.9 Å². The Kier molecular flexibility index (Phi) is 3.44. The number of halogens is 1. The first-order valence-corrected chi connectivity index (χ1v) is 6.53. The van der Waals surface area contributed by atoms with Gasteiger partial charge < -0.3 is 19.9 Å². The number of hydrogen-bond acceptors (Lipinski definition) is 6. The monoisotopic (exact) mass is 310 g/mol. The summed E-state index contributed by atoms with van der Waals surface area (Å²) in [5, 5.41) is 12.0. The molecule has 0 aliphatic carbocycles. The number of anilines is 1. The van der Waals surface area contributed by atoms with Gasteiger partial charge in [0.15, 0.2) is 11.5 Å². The van der Waals surface area contributed by atoms with Gasteiger partial charge in [0.1, 0.15) is 11.4 Å². The van der Waals surface area contributed by atoms with Crippen molar-refractivity contribution in [2.45, 2.75) is 0 Å². The van der Waals surface area contributed by atoms with Gasteiger partial charge in [-0.3, -0.25) is 14.5 Å². The molecule has 0 unspecified atom stereocenters. The zero-order chi connectivity index (χ0) is 15.0. The maximum atomic E-state index is 12.1. The van der Waals surface area contributed by atoms with Gasteiger partial charge >= 0.3 is 0 Å². The third kappa shape index (κ3) is 2.30. The molecule has 7 nitrogen and oxygen atoms in total. The third-order valence-corrected chi connectivity index (χ3v) is 3.40. The van der Waals surface area contributed by atoms with E-state index in [0.717, 1.165) is 11.0 Å². The van der Waals surface area contributed by atoms with E-state index in [4.69, 9.17) is 26.2 Å². The molecular weight excluding hydrogens is 300 g/mol. The number of benzene rings is 1. The first-order chi connectivity index (χ1) is 10.1. The summed E-state index contributed by atoms with van der Waals surface area (Å²) in [5.41, 5.74) is 0.434. The van der Waals surface area contributed by atoms with Crippen molar-refractivity contribution in [1.29, 1.82) is 0 Å². The van der Waals surface area contributed by atoms with Gasteiger partial charge in [-0.1, -0.05) is 11.6 Å². The van der Waals surface area contributed by atoms with Crippen molar-refractivity contribution in [3.05, 3.63) is 28.9 Å². The standard InChI is InChI=1S/C13H11ClN2O5/c14-7-1-2-9-12(21-6-20-9)11(7)15-8-5-10(18)16(3-4-17)13(8)19/h1-2,5,15,17H,3-4,6H2. The third-order valence-electron chi connectivity index (χ3n) is 3.08. The molecule has 110 valence electrons. The molecule has 2 amide bonds. The SMILES string of the molecule is O=C1C=C(Nc2c(Cl)ccc3c2OCO3)C(=O)N1CCO. The summed E-state index contributed by atoms with van der Waals surface area (Å²) >= 11 is 6.09. The van der Waals surface area contributed by atoms with E-state index in [0.29, 0.717) is 22.2 Å². The number of aliphatic hydroxyl groups is 1. The predicted molar refractivity (Wildman–Crippen MR) is 73.1 cm³/mol. The van der Waals surface area contributed by atoms with Crippen molar-refractivity contribution >= 4 is 29.1 Å². The van der Waals surface area contributed by atoms with Crippen molar-refractivity contribution < 1.29 is 24.2 Å². The van der Waals surface area contributed by atoms with Crippen molar-refractivity contribution in [1.82, 2.24) is 4.90 Å². The molecule has 2 heterocycles. The molecule has 2 aliphatic rings. The van der Waals surface area contributed by atoms with E-state index in [1.165, 1.54) is 0 Å². The van der Waals surface area contributed by atoms with Crippen molar-refractivity contribution in [2.75, 3.05) is 25.3 Å². The molecule has 3 rings (SSSR count). The number of aliphatic hydroxyl groups excluding tert-OH is 1. The van der Waals surface area contributed by atoms with Crippen LogP contribution >= 0.6 is 11.6 Å². The lowest BCUT2D eigenvalue weighted by atomic mass is 10.2. The number of fused-ring (bicyclic) bond motifs is 1. The number of carbonyl (C=O) groups is 2. The van der Waals surface area contributed by atoms with E-state index in [9.17, 15) is 9.59 Å². The summed E-state index contributed by atoms with van der Waals surface area (Å²) in [6.45, 7) is -0.288. The van der Waals surface area contributed by atoms with Crippen LogP contribution in [0.3, 0.4) is 0 Å². The Morgan fingerprint density at radius 3 is 2.90 bits per heavy atom. The summed E-state index contributed by atoms with van der Waals surface area (Å²) in [6, 6.07) is 3.26. The van der Waals surface area contributed by atoms with Crippen LogP contribution in [0.1, 0.15) is 0 Å². The molecule has 1 aromatic carbocycles. The number of nitrogens with one attached hydrogen (secondary N) is 1. The van der Waals surface area contributed by atoms with Gasteiger partial charge in [0, 0.05) is 6.08 Å². The second kappa shape index (κ2) is 5.27. The smallest absolute Gasteiger partial charge is 0.277 e. The summed E-state index contributed by atoms with van der Waals surface area (Å²) in [5.74, 6) is -0.116. The Hall–Kier alpha value is -2.25. The normalized spacial score (nSPS) is 16.5. The van der Waals surface area contributed by atoms with Gasteiger partial charge in [0.25, 0.3) is 11.8 Å². The minimum absolute atomic E-state index is 0.0560. The molecule has 0 bridgehead atoms. The maximum absolute atomic E-state index is 12.1. The molecule has 0 atom stereocenters. The van der Waals surface area contributed by atoms with Gasteiger partial charge in [-0.25, -0.2) is 0 Å². The fraction of sp³-hybridized carbons (Fsp3) is 0.231. The summed E-state index contributed by atoms with van der Waals surface area (Å²) in [7, 11) is 0. The number of nitrogens with zero attached hydrogens (tertiary/aromatic N) is 1. The fourth-order valence-corrected chi connectivity index (χ4v) is 2.31. The second-order valence-corrected chi connectivity index (χ2v) is 4.77. The fourth-order valence-electron chi connectivity index (χ4n) is 2.11. The molecule has 0 aromatic heterocycles. The van der Waals surface area contributed by atoms with Crippen LogP contribution in [0, 0.1) is 0 Å². The number of rotatable bonds is 4. The highest BCUT2D eigenvalue weighted by molar-refractivity contribution is 6.34. The quantitative estimate of drug-likeness (QED) is 0.797. The van der Waals surface area contributed by atoms with Gasteiger partial charge in [-0.05, 0) is 12.1 Å². The highest BCUT2D eigenvalue weighted by Gasteiger charge is 2.32. The number of β-amino-alcohol motifs (C(OH)–C–C–N with tert-alkyl or cyclic N) is 1. The molecule has 0 radical (unpaired) electrons. The average molecular weight is 311 g/mol. The van der Waals surface area contributed by atoms with E-state index in [2.05, 4.69) is 5.32 Å². The van der Waals surface area contributed by atoms with Crippen LogP contribution in [0.4, 0.5) is 5.69 Å². The number of ether oxygens (including phenoxy) is 2. The number of hydrogen-bond donors (Lipinski definition) is 2. The largest absolute Gasteiger partial charge is 0.454 e. The first kappa shape index (κ1) is 13.7. The zero-order valence-electron chi connectivity index (χ0n) is 10.8. The van der Waals surface area contributed by atoms with Crippen molar-refractivity contribution in [3.63, 3.8) is 0 Å². The molecule has 8 heteroatoms. The molecule has 0 saturated carbocycles. The Labute approximate surface area is 124 Å². The number of carbonyl (C=O) groups excluding carboxylic acids is 2. The lowest BCUT2D eigenvalue weighted by Gasteiger charge is -2.14. The second-order valence-electron chi connectivity index (χ2n) is 4.36. The number of imide groups is 1. The summed E-state index contributed by atoms with van der Waals surface area (Å²) in [6.07, 6.45) is 1.16. The first-order valence-electron chi connectivity index (χ1n) is 6.15. The zero-order valence-corrected chi connectivity index (χ0v) is 11.5. The molecular formula is C13H11ClN2O5. The van der Waals surface area contributed by atoms with E-state index < -0.39 is 11.8 Å². The number of amides is 2. The van der Waals surface area contributed by atoms with Gasteiger partial charge in [-0.2, -0.15) is 0 Å². The van der Waals surface area contributed by atoms with E-state index in [-0.39, 0.29) is 25.6 Å². The van der Waals surface area contributed by atoms with Crippen molar-refractivity contribution in [3.8, 4) is 11.5 Å². The van der Waals surface area contributed by atoms with Gasteiger partial charge in [0.05, 0.1) is 18.2 Å². The van der Waals surface area contributed by atoms with E-state index in [1.807, 2.05) is 0 Å². The Morgan fingerprint density at radius 1 is 1.33 bits per heavy atom. The molecule has 21 heavy (non-hydrogen) atoms. The molecule has 2 N–H and O–H groups in total. The predicted octanol–water partition coefficient (Wildman–Crippen LogP) is 0.726. The molecule has 2 aliphatic heterocycles. The minimum atomic E-state index is -0.526. The van der Waals surface area contributed by atoms with Crippen LogP contribution in [0.5, 0.6) is 11.5 Å². The molecule has 0 saturated heterocycles.